The number of benzene rings is 8. The van der Waals surface area contributed by atoms with Crippen LogP contribution in [0.3, 0.4) is 0 Å². The van der Waals surface area contributed by atoms with Crippen molar-refractivity contribution in [3.05, 3.63) is 205 Å². The number of nitrogens with zero attached hydrogens (tertiary/aromatic N) is 2. The number of fused-ring (bicyclic) bond motifs is 10. The first-order valence-corrected chi connectivity index (χ1v) is 17.1. The van der Waals surface area contributed by atoms with Gasteiger partial charge in [0.05, 0.1) is 33.0 Å². The fourth-order valence-electron chi connectivity index (χ4n) is 8.35. The Morgan fingerprint density at radius 2 is 1.10 bits per heavy atom. The second-order valence-corrected chi connectivity index (χ2v) is 13.1. The molecular formula is C49H32N2. The molecule has 0 saturated heterocycles. The maximum Gasteiger partial charge on any atom is 0.0645 e. The van der Waals surface area contributed by atoms with Crippen molar-refractivity contribution < 1.29 is 11.0 Å². The molecule has 2 nitrogen and oxygen atoms in total. The van der Waals surface area contributed by atoms with Crippen molar-refractivity contribution in [2.24, 2.45) is 0 Å². The van der Waals surface area contributed by atoms with Crippen LogP contribution in [0.15, 0.2) is 188 Å². The normalized spacial score (nSPS) is 15.9. The van der Waals surface area contributed by atoms with Crippen LogP contribution in [-0.4, -0.2) is 9.13 Å². The lowest BCUT2D eigenvalue weighted by molar-refractivity contribution is 1.01. The van der Waals surface area contributed by atoms with Crippen molar-refractivity contribution in [1.29, 1.82) is 0 Å². The van der Waals surface area contributed by atoms with Gasteiger partial charge in [0.2, 0.25) is 0 Å². The van der Waals surface area contributed by atoms with Gasteiger partial charge in [0.15, 0.2) is 0 Å². The fraction of sp³-hybridized carbons (Fsp3) is 0.0204. The molecular weight excluding hydrogens is 617 g/mol. The Morgan fingerprint density at radius 3 is 1.92 bits per heavy atom. The highest BCUT2D eigenvalue weighted by Crippen LogP contribution is 2.52. The van der Waals surface area contributed by atoms with Crippen LogP contribution in [0.1, 0.15) is 33.6 Å². The van der Waals surface area contributed by atoms with Crippen LogP contribution in [0.2, 0.25) is 0 Å². The van der Waals surface area contributed by atoms with Gasteiger partial charge < -0.3 is 9.13 Å². The minimum Gasteiger partial charge on any atom is -0.309 e. The molecule has 10 aromatic rings. The molecule has 8 aromatic carbocycles. The van der Waals surface area contributed by atoms with Gasteiger partial charge in [-0.1, -0.05) is 145 Å². The van der Waals surface area contributed by atoms with Crippen molar-refractivity contribution in [2.45, 2.75) is 5.92 Å². The Kier molecular flexibility index (Phi) is 4.60. The lowest BCUT2D eigenvalue weighted by Crippen LogP contribution is -2.02. The van der Waals surface area contributed by atoms with Gasteiger partial charge in [-0.25, -0.2) is 0 Å². The van der Waals surface area contributed by atoms with E-state index in [1.54, 1.807) is 4.57 Å². The summed E-state index contributed by atoms with van der Waals surface area (Å²) < 4.78 is 74.0. The average Bonchev–Trinajstić information content (AvgIpc) is 3.93. The summed E-state index contributed by atoms with van der Waals surface area (Å²) in [5, 5.41) is 2.42. The summed E-state index contributed by atoms with van der Waals surface area (Å²) in [6, 6.07) is 45.1. The third-order valence-electron chi connectivity index (χ3n) is 10.4. The summed E-state index contributed by atoms with van der Waals surface area (Å²) in [4.78, 5) is 0. The lowest BCUT2D eigenvalue weighted by atomic mass is 9.89. The molecule has 11 rings (SSSR count). The first kappa shape index (κ1) is 21.4. The predicted octanol–water partition coefficient (Wildman–Crippen LogP) is 12.7. The Morgan fingerprint density at radius 1 is 0.431 bits per heavy atom. The molecule has 0 saturated carbocycles. The van der Waals surface area contributed by atoms with E-state index < -0.39 is 24.2 Å². The van der Waals surface area contributed by atoms with E-state index in [4.69, 9.17) is 11.0 Å². The standard InChI is InChI=1S/C49H32N2/c1-2-14-32(15-3-1)33-16-12-19-36(30-33)51-46-27-11-8-22-39(46)42-28-29-43-47(40-23-4-5-24-41(40)48(43)49(42)51)34-17-13-18-35(31-34)50-44-25-9-6-20-37(44)38-21-7-10-26-45(38)50/h1-31,47H/i6D,7D,9D,10D,20D,21D,25D,26D. The first-order valence-electron chi connectivity index (χ1n) is 21.1. The Hall–Kier alpha value is -6.64. The van der Waals surface area contributed by atoms with Crippen LogP contribution >= 0.6 is 0 Å². The molecule has 0 amide bonds. The van der Waals surface area contributed by atoms with E-state index in [9.17, 15) is 0 Å². The average molecular weight is 657 g/mol. The largest absolute Gasteiger partial charge is 0.309 e. The number of aromatic nitrogens is 2. The van der Waals surface area contributed by atoms with Crippen LogP contribution in [0, 0.1) is 0 Å². The van der Waals surface area contributed by atoms with E-state index in [1.165, 1.54) is 0 Å². The summed E-state index contributed by atoms with van der Waals surface area (Å²) >= 11 is 0. The van der Waals surface area contributed by atoms with Crippen molar-refractivity contribution >= 4 is 43.6 Å². The Bertz CT molecular complexity index is 3360. The van der Waals surface area contributed by atoms with Gasteiger partial charge >= 0.3 is 0 Å². The quantitative estimate of drug-likeness (QED) is 0.178. The predicted molar refractivity (Wildman–Crippen MR) is 213 cm³/mol. The minimum atomic E-state index is -0.461. The highest BCUT2D eigenvalue weighted by atomic mass is 15.0. The van der Waals surface area contributed by atoms with Gasteiger partial charge in [-0.2, -0.15) is 0 Å². The van der Waals surface area contributed by atoms with Crippen molar-refractivity contribution in [1.82, 2.24) is 9.13 Å². The molecule has 238 valence electrons. The first-order chi connectivity index (χ1) is 28.7. The molecule has 2 heterocycles. The minimum absolute atomic E-state index is 0.0616. The number of hydrogen-bond donors (Lipinski definition) is 0. The SMILES string of the molecule is [2H]c1c([2H])c([2H])c2c(c1[2H])c1c([2H])c([2H])c([2H])c([2H])c1n2-c1cccc(C2c3ccccc3-c3c2ccc2c4ccccc4n(-c4cccc(-c5ccccc5)c4)c32)c1. The summed E-state index contributed by atoms with van der Waals surface area (Å²) in [5.74, 6) is -0.219. The van der Waals surface area contributed by atoms with Crippen LogP contribution in [0.25, 0.3) is 77.2 Å². The number of para-hydroxylation sites is 3. The lowest BCUT2D eigenvalue weighted by Gasteiger charge is -2.17. The summed E-state index contributed by atoms with van der Waals surface area (Å²) in [5.41, 5.74) is 11.7. The van der Waals surface area contributed by atoms with E-state index in [0.29, 0.717) is 5.69 Å². The van der Waals surface area contributed by atoms with Crippen LogP contribution in [-0.2, 0) is 0 Å². The third kappa shape index (κ3) is 4.11. The van der Waals surface area contributed by atoms with Gasteiger partial charge in [-0.3, -0.25) is 0 Å². The van der Waals surface area contributed by atoms with Crippen molar-refractivity contribution in [3.63, 3.8) is 0 Å². The van der Waals surface area contributed by atoms with Crippen LogP contribution in [0.4, 0.5) is 0 Å². The van der Waals surface area contributed by atoms with E-state index >= 15 is 0 Å². The fourth-order valence-corrected chi connectivity index (χ4v) is 8.35. The molecule has 51 heavy (non-hydrogen) atoms. The molecule has 1 atom stereocenters. The molecule has 0 fully saturated rings. The van der Waals surface area contributed by atoms with Crippen LogP contribution in [0.5, 0.6) is 0 Å². The van der Waals surface area contributed by atoms with Crippen molar-refractivity contribution in [3.8, 4) is 33.6 Å². The highest BCUT2D eigenvalue weighted by Gasteiger charge is 2.33. The van der Waals surface area contributed by atoms with Gasteiger partial charge in [0.1, 0.15) is 0 Å². The van der Waals surface area contributed by atoms with Crippen LogP contribution < -0.4 is 0 Å². The molecule has 0 spiro atoms. The zero-order valence-corrected chi connectivity index (χ0v) is 27.3. The van der Waals surface area contributed by atoms with Gasteiger partial charge in [-0.05, 0) is 75.8 Å². The van der Waals surface area contributed by atoms with E-state index in [0.717, 1.165) is 66.4 Å². The molecule has 0 N–H and O–H groups in total. The molecule has 0 radical (unpaired) electrons. The summed E-state index contributed by atoms with van der Waals surface area (Å²) in [6.07, 6.45) is 0. The monoisotopic (exact) mass is 656 g/mol. The second-order valence-electron chi connectivity index (χ2n) is 13.1. The summed E-state index contributed by atoms with van der Waals surface area (Å²) in [7, 11) is 0. The second kappa shape index (κ2) is 10.9. The maximum absolute atomic E-state index is 9.06. The van der Waals surface area contributed by atoms with E-state index in [1.807, 2.05) is 24.3 Å². The Labute approximate surface area is 307 Å². The van der Waals surface area contributed by atoms with Crippen molar-refractivity contribution in [2.75, 3.05) is 0 Å². The molecule has 2 aromatic heterocycles. The molecule has 1 unspecified atom stereocenters. The smallest absolute Gasteiger partial charge is 0.0645 e. The number of hydrogen-bond acceptors (Lipinski definition) is 0. The Balaban J connectivity index is 1.19. The van der Waals surface area contributed by atoms with E-state index in [-0.39, 0.29) is 51.9 Å². The van der Waals surface area contributed by atoms with Gasteiger partial charge in [-0.15, -0.1) is 0 Å². The molecule has 1 aliphatic rings. The topological polar surface area (TPSA) is 9.86 Å². The van der Waals surface area contributed by atoms with E-state index in [2.05, 4.69) is 120 Å². The van der Waals surface area contributed by atoms with Gasteiger partial charge in [0, 0.05) is 44.4 Å². The molecule has 0 aliphatic heterocycles. The third-order valence-corrected chi connectivity index (χ3v) is 10.4. The molecule has 0 bridgehead atoms. The zero-order valence-electron chi connectivity index (χ0n) is 35.3. The molecule has 1 aliphatic carbocycles. The molecule has 2 heteroatoms. The zero-order chi connectivity index (χ0) is 40.4. The number of rotatable bonds is 4. The van der Waals surface area contributed by atoms with Gasteiger partial charge in [0.25, 0.3) is 0 Å². The highest BCUT2D eigenvalue weighted by molar-refractivity contribution is 6.15. The summed E-state index contributed by atoms with van der Waals surface area (Å²) in [6.45, 7) is 0. The maximum atomic E-state index is 9.06.